The molecule has 1 aromatic carbocycles. The number of rotatable bonds is 1. The first-order valence-electron chi connectivity index (χ1n) is 6.33. The predicted octanol–water partition coefficient (Wildman–Crippen LogP) is 2.84. The zero-order valence-electron chi connectivity index (χ0n) is 12.2. The maximum atomic E-state index is 12.3. The van der Waals surface area contributed by atoms with Crippen LogP contribution >= 0.6 is 22.6 Å². The Morgan fingerprint density at radius 2 is 1.95 bits per heavy atom. The van der Waals surface area contributed by atoms with Crippen molar-refractivity contribution in [3.63, 3.8) is 0 Å². The minimum atomic E-state index is -0.653. The lowest BCUT2D eigenvalue weighted by atomic mass is 10.1. The highest BCUT2D eigenvalue weighted by Crippen LogP contribution is 2.30. The van der Waals surface area contributed by atoms with Gasteiger partial charge in [-0.15, -0.1) is 0 Å². The third-order valence-corrected chi connectivity index (χ3v) is 3.67. The number of anilines is 1. The number of carbonyl (C=O) groups excluding carboxylic acids is 2. The van der Waals surface area contributed by atoms with Gasteiger partial charge in [-0.1, -0.05) is 0 Å². The molecule has 1 aromatic heterocycles. The van der Waals surface area contributed by atoms with Crippen LogP contribution in [0.5, 0.6) is 0 Å². The van der Waals surface area contributed by atoms with Gasteiger partial charge in [-0.3, -0.25) is 4.79 Å². The molecule has 0 fully saturated rings. The first kappa shape index (κ1) is 15.7. The molecule has 0 amide bonds. The predicted molar refractivity (Wildman–Crippen MR) is 88.3 cm³/mol. The molecule has 0 unspecified atom stereocenters. The lowest BCUT2D eigenvalue weighted by Gasteiger charge is -2.18. The summed E-state index contributed by atoms with van der Waals surface area (Å²) in [4.78, 5) is 24.0. The Morgan fingerprint density at radius 3 is 2.48 bits per heavy atom. The van der Waals surface area contributed by atoms with Crippen LogP contribution in [-0.2, 0) is 4.74 Å². The standard InChI is InChI=1S/C14H16IN3O3/c1-7(19)18-9-6-5-8(15)11(16)10(9)12(17-18)13(20)21-14(2,3)4/h5-6H,16H2,1-4H3. The van der Waals surface area contributed by atoms with E-state index in [9.17, 15) is 9.59 Å². The molecule has 2 aromatic rings. The van der Waals surface area contributed by atoms with Gasteiger partial charge in [-0.2, -0.15) is 9.78 Å². The van der Waals surface area contributed by atoms with Crippen molar-refractivity contribution in [3.8, 4) is 0 Å². The van der Waals surface area contributed by atoms with E-state index in [1.54, 1.807) is 32.9 Å². The molecule has 6 nitrogen and oxygen atoms in total. The highest BCUT2D eigenvalue weighted by atomic mass is 127. The van der Waals surface area contributed by atoms with Crippen LogP contribution in [0.1, 0.15) is 43.0 Å². The third kappa shape index (κ3) is 3.02. The van der Waals surface area contributed by atoms with Crippen molar-refractivity contribution < 1.29 is 14.3 Å². The van der Waals surface area contributed by atoms with Gasteiger partial charge in [0.1, 0.15) is 5.60 Å². The second kappa shape index (κ2) is 5.28. The maximum Gasteiger partial charge on any atom is 0.360 e. The highest BCUT2D eigenvalue weighted by molar-refractivity contribution is 14.1. The first-order valence-corrected chi connectivity index (χ1v) is 7.40. The zero-order valence-corrected chi connectivity index (χ0v) is 14.4. The van der Waals surface area contributed by atoms with Crippen LogP contribution in [0.2, 0.25) is 0 Å². The molecule has 0 saturated heterocycles. The van der Waals surface area contributed by atoms with Crippen LogP contribution in [0.3, 0.4) is 0 Å². The molecule has 1 heterocycles. The van der Waals surface area contributed by atoms with Crippen molar-refractivity contribution >= 4 is 51.1 Å². The minimum Gasteiger partial charge on any atom is -0.455 e. The molecule has 7 heteroatoms. The molecule has 0 bridgehead atoms. The normalized spacial score (nSPS) is 11.7. The van der Waals surface area contributed by atoms with E-state index in [1.807, 2.05) is 0 Å². The summed E-state index contributed by atoms with van der Waals surface area (Å²) >= 11 is 2.07. The van der Waals surface area contributed by atoms with Gasteiger partial charge in [0.05, 0.1) is 16.6 Å². The van der Waals surface area contributed by atoms with E-state index >= 15 is 0 Å². The summed E-state index contributed by atoms with van der Waals surface area (Å²) in [7, 11) is 0. The number of halogens is 1. The van der Waals surface area contributed by atoms with Crippen molar-refractivity contribution in [3.05, 3.63) is 21.4 Å². The molecule has 0 radical (unpaired) electrons. The number of hydrogen-bond donors (Lipinski definition) is 1. The smallest absolute Gasteiger partial charge is 0.360 e. The van der Waals surface area contributed by atoms with Gasteiger partial charge in [0.15, 0.2) is 5.69 Å². The van der Waals surface area contributed by atoms with Crippen molar-refractivity contribution in [2.75, 3.05) is 5.73 Å². The van der Waals surface area contributed by atoms with Crippen molar-refractivity contribution in [1.29, 1.82) is 0 Å². The second-order valence-corrected chi connectivity index (χ2v) is 6.80. The van der Waals surface area contributed by atoms with E-state index in [4.69, 9.17) is 10.5 Å². The zero-order chi connectivity index (χ0) is 15.9. The Balaban J connectivity index is 2.71. The summed E-state index contributed by atoms with van der Waals surface area (Å²) in [6.07, 6.45) is 0. The van der Waals surface area contributed by atoms with Gasteiger partial charge in [-0.25, -0.2) is 4.79 Å². The molecule has 0 saturated carbocycles. The van der Waals surface area contributed by atoms with Crippen LogP contribution in [0.25, 0.3) is 10.9 Å². The third-order valence-electron chi connectivity index (χ3n) is 2.73. The van der Waals surface area contributed by atoms with Crippen LogP contribution in [-0.4, -0.2) is 27.3 Å². The second-order valence-electron chi connectivity index (χ2n) is 5.64. The number of nitrogens with zero attached hydrogens (tertiary/aromatic N) is 2. The number of nitrogen functional groups attached to an aromatic ring is 1. The van der Waals surface area contributed by atoms with E-state index in [-0.39, 0.29) is 11.6 Å². The number of fused-ring (bicyclic) bond motifs is 1. The maximum absolute atomic E-state index is 12.3. The Kier molecular flexibility index (Phi) is 3.96. The molecule has 21 heavy (non-hydrogen) atoms. The summed E-state index contributed by atoms with van der Waals surface area (Å²) in [5, 5.41) is 4.53. The molecular weight excluding hydrogens is 385 g/mol. The van der Waals surface area contributed by atoms with Crippen LogP contribution in [0.15, 0.2) is 12.1 Å². The molecule has 0 aliphatic rings. The average molecular weight is 401 g/mol. The van der Waals surface area contributed by atoms with Gasteiger partial charge < -0.3 is 10.5 Å². The van der Waals surface area contributed by atoms with Gasteiger partial charge in [-0.05, 0) is 55.5 Å². The van der Waals surface area contributed by atoms with Crippen molar-refractivity contribution in [2.45, 2.75) is 33.3 Å². The Morgan fingerprint density at radius 1 is 1.33 bits per heavy atom. The van der Waals surface area contributed by atoms with E-state index in [2.05, 4.69) is 27.7 Å². The van der Waals surface area contributed by atoms with Crippen LogP contribution in [0.4, 0.5) is 5.69 Å². The first-order chi connectivity index (χ1) is 9.61. The number of benzene rings is 1. The molecule has 0 atom stereocenters. The SMILES string of the molecule is CC(=O)n1nc(C(=O)OC(C)(C)C)c2c(N)c(I)ccc21. The summed E-state index contributed by atoms with van der Waals surface area (Å²) in [5.74, 6) is -0.892. The molecule has 0 aliphatic heterocycles. The number of esters is 1. The van der Waals surface area contributed by atoms with E-state index in [0.29, 0.717) is 16.6 Å². The quantitative estimate of drug-likeness (QED) is 0.451. The number of carbonyl (C=O) groups is 2. The van der Waals surface area contributed by atoms with Crippen LogP contribution < -0.4 is 5.73 Å². The molecule has 0 aliphatic carbocycles. The Hall–Kier alpha value is -1.64. The lowest BCUT2D eigenvalue weighted by molar-refractivity contribution is 0.00646. The van der Waals surface area contributed by atoms with Crippen molar-refractivity contribution in [1.82, 2.24) is 9.78 Å². The molecule has 2 N–H and O–H groups in total. The van der Waals surface area contributed by atoms with Gasteiger partial charge in [0, 0.05) is 10.5 Å². The molecule has 112 valence electrons. The van der Waals surface area contributed by atoms with E-state index in [0.717, 1.165) is 3.57 Å². The number of hydrogen-bond acceptors (Lipinski definition) is 5. The summed E-state index contributed by atoms with van der Waals surface area (Å²) < 4.78 is 7.29. The lowest BCUT2D eigenvalue weighted by Crippen LogP contribution is -2.24. The highest BCUT2D eigenvalue weighted by Gasteiger charge is 2.26. The van der Waals surface area contributed by atoms with Crippen LogP contribution in [0, 0.1) is 3.57 Å². The molecular formula is C14H16IN3O3. The fraction of sp³-hybridized carbons (Fsp3) is 0.357. The monoisotopic (exact) mass is 401 g/mol. The Labute approximate surface area is 135 Å². The topological polar surface area (TPSA) is 87.2 Å². The van der Waals surface area contributed by atoms with Gasteiger partial charge in [0.25, 0.3) is 0 Å². The largest absolute Gasteiger partial charge is 0.455 e. The van der Waals surface area contributed by atoms with Gasteiger partial charge >= 0.3 is 5.97 Å². The number of aromatic nitrogens is 2. The number of ether oxygens (including phenoxy) is 1. The summed E-state index contributed by atoms with van der Waals surface area (Å²) in [5.41, 5.74) is 6.38. The minimum absolute atomic E-state index is 0.0612. The number of nitrogens with two attached hydrogens (primary N) is 1. The Bertz CT molecular complexity index is 744. The van der Waals surface area contributed by atoms with E-state index < -0.39 is 11.6 Å². The molecule has 0 spiro atoms. The summed E-state index contributed by atoms with van der Waals surface area (Å²) in [6.45, 7) is 6.67. The van der Waals surface area contributed by atoms with Gasteiger partial charge in [0.2, 0.25) is 5.91 Å². The molecule has 2 rings (SSSR count). The fourth-order valence-electron chi connectivity index (χ4n) is 1.92. The van der Waals surface area contributed by atoms with E-state index in [1.165, 1.54) is 11.6 Å². The van der Waals surface area contributed by atoms with Crippen molar-refractivity contribution in [2.24, 2.45) is 0 Å². The summed E-state index contributed by atoms with van der Waals surface area (Å²) in [6, 6.07) is 3.49. The fourth-order valence-corrected chi connectivity index (χ4v) is 2.37. The average Bonchev–Trinajstić information content (AvgIpc) is 2.72.